The van der Waals surface area contributed by atoms with Crippen molar-refractivity contribution in [1.29, 1.82) is 0 Å². The molecule has 7 heteroatoms. The molecule has 0 spiro atoms. The Bertz CT molecular complexity index is 719. The van der Waals surface area contributed by atoms with Crippen molar-refractivity contribution in [2.75, 3.05) is 17.6 Å². The van der Waals surface area contributed by atoms with Gasteiger partial charge in [-0.1, -0.05) is 20.8 Å². The molecular formula is C19H32N2O4S. The van der Waals surface area contributed by atoms with Crippen LogP contribution in [-0.2, 0) is 14.8 Å². The molecule has 0 bridgehead atoms. The topological polar surface area (TPSA) is 75.7 Å². The molecule has 0 saturated heterocycles. The number of carbonyl (C=O) groups excluding carboxylic acids is 1. The zero-order valence-electron chi connectivity index (χ0n) is 17.1. The van der Waals surface area contributed by atoms with Crippen LogP contribution in [0.15, 0.2) is 24.3 Å². The summed E-state index contributed by atoms with van der Waals surface area (Å²) in [6, 6.07) is 6.59. The summed E-state index contributed by atoms with van der Waals surface area (Å²) >= 11 is 0. The van der Waals surface area contributed by atoms with E-state index in [1.165, 1.54) is 11.4 Å². The van der Waals surface area contributed by atoms with Crippen LogP contribution in [-0.4, -0.2) is 39.3 Å². The summed E-state index contributed by atoms with van der Waals surface area (Å²) in [6.45, 7) is 12.1. The number of nitrogens with zero attached hydrogens (tertiary/aromatic N) is 1. The molecule has 1 amide bonds. The van der Waals surface area contributed by atoms with E-state index in [1.54, 1.807) is 31.2 Å². The third-order valence-corrected chi connectivity index (χ3v) is 5.02. The highest BCUT2D eigenvalue weighted by Gasteiger charge is 2.29. The minimum atomic E-state index is -3.31. The predicted molar refractivity (Wildman–Crippen MR) is 106 cm³/mol. The molecule has 1 rings (SSSR count). The van der Waals surface area contributed by atoms with Gasteiger partial charge in [0.05, 0.1) is 11.9 Å². The molecule has 0 aliphatic rings. The Morgan fingerprint density at radius 3 is 2.08 bits per heavy atom. The maximum atomic E-state index is 12.4. The minimum absolute atomic E-state index is 0.0996. The third kappa shape index (κ3) is 7.23. The quantitative estimate of drug-likeness (QED) is 0.783. The Hall–Kier alpha value is -1.76. The van der Waals surface area contributed by atoms with Gasteiger partial charge in [0.2, 0.25) is 10.0 Å². The van der Waals surface area contributed by atoms with Crippen LogP contribution in [0.25, 0.3) is 0 Å². The SMILES string of the molecule is C[C@H](Oc1ccc(N(C)S(C)(=O)=O)cc1)C(=O)NC(C)(C)CC(C)(C)C. The van der Waals surface area contributed by atoms with Crippen molar-refractivity contribution in [2.24, 2.45) is 5.41 Å². The van der Waals surface area contributed by atoms with Crippen molar-refractivity contribution in [3.8, 4) is 5.75 Å². The van der Waals surface area contributed by atoms with E-state index in [0.717, 1.165) is 12.7 Å². The molecule has 1 N–H and O–H groups in total. The van der Waals surface area contributed by atoms with Crippen LogP contribution >= 0.6 is 0 Å². The van der Waals surface area contributed by atoms with E-state index in [9.17, 15) is 13.2 Å². The van der Waals surface area contributed by atoms with Crippen molar-refractivity contribution in [3.05, 3.63) is 24.3 Å². The van der Waals surface area contributed by atoms with Gasteiger partial charge in [0, 0.05) is 12.6 Å². The number of amides is 1. The minimum Gasteiger partial charge on any atom is -0.481 e. The number of benzene rings is 1. The molecule has 0 saturated carbocycles. The van der Waals surface area contributed by atoms with E-state index in [0.29, 0.717) is 11.4 Å². The van der Waals surface area contributed by atoms with Crippen molar-refractivity contribution in [1.82, 2.24) is 5.32 Å². The van der Waals surface area contributed by atoms with Crippen LogP contribution in [0.4, 0.5) is 5.69 Å². The molecule has 6 nitrogen and oxygen atoms in total. The Labute approximate surface area is 158 Å². The lowest BCUT2D eigenvalue weighted by Crippen LogP contribution is -2.50. The Morgan fingerprint density at radius 1 is 1.15 bits per heavy atom. The summed E-state index contributed by atoms with van der Waals surface area (Å²) in [4.78, 5) is 12.4. The van der Waals surface area contributed by atoms with Gasteiger partial charge in [-0.25, -0.2) is 8.42 Å². The van der Waals surface area contributed by atoms with E-state index in [4.69, 9.17) is 4.74 Å². The first-order chi connectivity index (χ1) is 11.6. The van der Waals surface area contributed by atoms with Gasteiger partial charge in [0.15, 0.2) is 6.10 Å². The average molecular weight is 385 g/mol. The largest absolute Gasteiger partial charge is 0.481 e. The highest BCUT2D eigenvalue weighted by Crippen LogP contribution is 2.27. The predicted octanol–water partition coefficient (Wildman–Crippen LogP) is 3.18. The van der Waals surface area contributed by atoms with Crippen LogP contribution in [0.5, 0.6) is 5.75 Å². The van der Waals surface area contributed by atoms with Gasteiger partial charge in [0.25, 0.3) is 5.91 Å². The fourth-order valence-electron chi connectivity index (χ4n) is 2.99. The second kappa shape index (κ2) is 7.86. The average Bonchev–Trinajstić information content (AvgIpc) is 2.43. The van der Waals surface area contributed by atoms with Gasteiger partial charge < -0.3 is 10.1 Å². The molecule has 148 valence electrons. The maximum absolute atomic E-state index is 12.4. The lowest BCUT2D eigenvalue weighted by Gasteiger charge is -2.34. The molecule has 1 aromatic rings. The van der Waals surface area contributed by atoms with Gasteiger partial charge in [-0.15, -0.1) is 0 Å². The van der Waals surface area contributed by atoms with E-state index >= 15 is 0 Å². The first-order valence-corrected chi connectivity index (χ1v) is 10.5. The number of ether oxygens (including phenoxy) is 1. The van der Waals surface area contributed by atoms with E-state index < -0.39 is 16.1 Å². The zero-order valence-corrected chi connectivity index (χ0v) is 17.9. The summed E-state index contributed by atoms with van der Waals surface area (Å²) in [5.74, 6) is 0.323. The molecule has 0 heterocycles. The second-order valence-corrected chi connectivity index (χ2v) is 10.6. The number of nitrogens with one attached hydrogen (secondary N) is 1. The standard InChI is InChI=1S/C19H32N2O4S/c1-14(17(22)20-19(5,6)13-18(2,3)4)25-16-11-9-15(10-12-16)21(7)26(8,23)24/h9-12,14H,13H2,1-8H3,(H,20,22)/t14-/m0/s1. The maximum Gasteiger partial charge on any atom is 0.261 e. The fourth-order valence-corrected chi connectivity index (χ4v) is 3.49. The normalized spacial score (nSPS) is 13.8. The number of anilines is 1. The zero-order chi connectivity index (χ0) is 20.3. The summed E-state index contributed by atoms with van der Waals surface area (Å²) < 4.78 is 30.0. The summed E-state index contributed by atoms with van der Waals surface area (Å²) in [6.07, 6.45) is 1.32. The smallest absolute Gasteiger partial charge is 0.261 e. The van der Waals surface area contributed by atoms with E-state index in [2.05, 4.69) is 26.1 Å². The number of hydrogen-bond donors (Lipinski definition) is 1. The molecule has 1 aromatic carbocycles. The molecule has 0 aliphatic heterocycles. The van der Waals surface area contributed by atoms with E-state index in [-0.39, 0.29) is 16.9 Å². The number of carbonyl (C=O) groups is 1. The lowest BCUT2D eigenvalue weighted by atomic mass is 9.81. The van der Waals surface area contributed by atoms with Crippen LogP contribution in [0.1, 0.15) is 48.0 Å². The number of sulfonamides is 1. The van der Waals surface area contributed by atoms with Gasteiger partial charge >= 0.3 is 0 Å². The number of rotatable bonds is 7. The van der Waals surface area contributed by atoms with Gasteiger partial charge in [0.1, 0.15) is 5.75 Å². The van der Waals surface area contributed by atoms with Crippen molar-refractivity contribution < 1.29 is 17.9 Å². The van der Waals surface area contributed by atoms with E-state index in [1.807, 2.05) is 13.8 Å². The molecule has 26 heavy (non-hydrogen) atoms. The first kappa shape index (κ1) is 22.3. The lowest BCUT2D eigenvalue weighted by molar-refractivity contribution is -0.129. The fraction of sp³-hybridized carbons (Fsp3) is 0.632. The first-order valence-electron chi connectivity index (χ1n) is 8.63. The van der Waals surface area contributed by atoms with Gasteiger partial charge in [-0.3, -0.25) is 9.10 Å². The Kier molecular flexibility index (Phi) is 6.74. The van der Waals surface area contributed by atoms with Crippen LogP contribution in [0.2, 0.25) is 0 Å². The molecule has 0 aromatic heterocycles. The Balaban J connectivity index is 2.73. The molecule has 0 aliphatic carbocycles. The van der Waals surface area contributed by atoms with Gasteiger partial charge in [-0.2, -0.15) is 0 Å². The monoisotopic (exact) mass is 384 g/mol. The highest BCUT2D eigenvalue weighted by atomic mass is 32.2. The molecule has 1 atom stereocenters. The molecule has 0 radical (unpaired) electrons. The van der Waals surface area contributed by atoms with Crippen molar-refractivity contribution in [3.63, 3.8) is 0 Å². The molecule has 0 unspecified atom stereocenters. The molecular weight excluding hydrogens is 352 g/mol. The third-order valence-electron chi connectivity index (χ3n) is 3.81. The van der Waals surface area contributed by atoms with Crippen LogP contribution in [0.3, 0.4) is 0 Å². The highest BCUT2D eigenvalue weighted by molar-refractivity contribution is 7.92. The summed E-state index contributed by atoms with van der Waals surface area (Å²) in [5, 5.41) is 3.03. The summed E-state index contributed by atoms with van der Waals surface area (Å²) in [5.41, 5.74) is 0.292. The van der Waals surface area contributed by atoms with Crippen LogP contribution in [0, 0.1) is 5.41 Å². The van der Waals surface area contributed by atoms with Crippen molar-refractivity contribution in [2.45, 2.75) is 59.6 Å². The summed E-state index contributed by atoms with van der Waals surface area (Å²) in [7, 11) is -1.83. The number of hydrogen-bond acceptors (Lipinski definition) is 4. The second-order valence-electron chi connectivity index (χ2n) is 8.60. The Morgan fingerprint density at radius 2 is 1.65 bits per heavy atom. The van der Waals surface area contributed by atoms with Gasteiger partial charge in [-0.05, 0) is 56.9 Å². The van der Waals surface area contributed by atoms with Crippen LogP contribution < -0.4 is 14.4 Å². The van der Waals surface area contributed by atoms with Crippen molar-refractivity contribution >= 4 is 21.6 Å². The molecule has 0 fully saturated rings.